The van der Waals surface area contributed by atoms with Gasteiger partial charge in [-0.2, -0.15) is 0 Å². The van der Waals surface area contributed by atoms with E-state index in [-0.39, 0.29) is 10.8 Å². The Morgan fingerprint density at radius 2 is 2.10 bits per heavy atom. The van der Waals surface area contributed by atoms with Crippen molar-refractivity contribution in [3.63, 3.8) is 0 Å². The second-order valence-electron chi connectivity index (χ2n) is 4.17. The summed E-state index contributed by atoms with van der Waals surface area (Å²) in [6.07, 6.45) is 0. The van der Waals surface area contributed by atoms with Crippen LogP contribution in [0.1, 0.15) is 10.4 Å². The molecule has 2 rings (SSSR count). The minimum Gasteiger partial charge on any atom is -0.320 e. The molecular weight excluding hydrogens is 328 g/mol. The summed E-state index contributed by atoms with van der Waals surface area (Å²) in [7, 11) is -3.63. The summed E-state index contributed by atoms with van der Waals surface area (Å²) in [5.74, 6) is 5.50. The number of anilines is 1. The van der Waals surface area contributed by atoms with Crippen LogP contribution in [0.15, 0.2) is 34.5 Å². The molecule has 0 spiro atoms. The fourth-order valence-electron chi connectivity index (χ4n) is 1.61. The molecule has 0 saturated carbocycles. The SMILES string of the molecule is Cc1ccc(S(=O)(=O)Nc2ccc(Cl)cc2C#CCN)s1. The second kappa shape index (κ2) is 6.50. The van der Waals surface area contributed by atoms with Gasteiger partial charge >= 0.3 is 0 Å². The van der Waals surface area contributed by atoms with Crippen molar-refractivity contribution in [2.45, 2.75) is 11.1 Å². The van der Waals surface area contributed by atoms with Crippen molar-refractivity contribution in [1.29, 1.82) is 0 Å². The molecule has 21 heavy (non-hydrogen) atoms. The highest BCUT2D eigenvalue weighted by atomic mass is 35.5. The molecule has 110 valence electrons. The van der Waals surface area contributed by atoms with E-state index < -0.39 is 10.0 Å². The quantitative estimate of drug-likeness (QED) is 0.844. The lowest BCUT2D eigenvalue weighted by Crippen LogP contribution is -2.12. The van der Waals surface area contributed by atoms with Gasteiger partial charge in [-0.3, -0.25) is 4.72 Å². The summed E-state index contributed by atoms with van der Waals surface area (Å²) in [4.78, 5) is 0.926. The molecule has 7 heteroatoms. The van der Waals surface area contributed by atoms with Crippen molar-refractivity contribution in [3.05, 3.63) is 45.8 Å². The van der Waals surface area contributed by atoms with E-state index in [0.717, 1.165) is 4.88 Å². The van der Waals surface area contributed by atoms with Crippen LogP contribution in [0.2, 0.25) is 5.02 Å². The van der Waals surface area contributed by atoms with Crippen LogP contribution in [0.25, 0.3) is 0 Å². The van der Waals surface area contributed by atoms with Crippen LogP contribution in [-0.2, 0) is 10.0 Å². The highest BCUT2D eigenvalue weighted by Crippen LogP contribution is 2.26. The Bertz CT molecular complexity index is 817. The first-order valence-corrected chi connectivity index (χ1v) is 8.68. The topological polar surface area (TPSA) is 72.2 Å². The van der Waals surface area contributed by atoms with E-state index in [1.165, 1.54) is 11.3 Å². The van der Waals surface area contributed by atoms with Crippen LogP contribution in [0.5, 0.6) is 0 Å². The monoisotopic (exact) mass is 340 g/mol. The Morgan fingerprint density at radius 1 is 1.33 bits per heavy atom. The van der Waals surface area contributed by atoms with E-state index in [1.807, 2.05) is 6.92 Å². The van der Waals surface area contributed by atoms with Crippen molar-refractivity contribution in [2.75, 3.05) is 11.3 Å². The molecule has 0 aliphatic heterocycles. The molecule has 1 aromatic heterocycles. The number of hydrogen-bond acceptors (Lipinski definition) is 4. The van der Waals surface area contributed by atoms with Gasteiger partial charge in [0.1, 0.15) is 4.21 Å². The normalized spacial score (nSPS) is 10.8. The van der Waals surface area contributed by atoms with Gasteiger partial charge in [0.2, 0.25) is 0 Å². The molecule has 0 amide bonds. The fraction of sp³-hybridized carbons (Fsp3) is 0.143. The third kappa shape index (κ3) is 3.99. The van der Waals surface area contributed by atoms with E-state index in [0.29, 0.717) is 16.3 Å². The number of aryl methyl sites for hydroxylation is 1. The zero-order chi connectivity index (χ0) is 15.5. The molecule has 0 aliphatic carbocycles. The number of sulfonamides is 1. The summed E-state index contributed by atoms with van der Waals surface area (Å²) in [6, 6.07) is 8.12. The number of benzene rings is 1. The molecule has 1 aromatic carbocycles. The number of halogens is 1. The van der Waals surface area contributed by atoms with Gasteiger partial charge in [-0.15, -0.1) is 11.3 Å². The van der Waals surface area contributed by atoms with Gasteiger partial charge in [-0.05, 0) is 37.3 Å². The smallest absolute Gasteiger partial charge is 0.271 e. The molecule has 0 bridgehead atoms. The molecule has 0 unspecified atom stereocenters. The molecule has 0 saturated heterocycles. The van der Waals surface area contributed by atoms with Gasteiger partial charge in [-0.25, -0.2) is 8.42 Å². The first-order valence-electron chi connectivity index (χ1n) is 6.00. The summed E-state index contributed by atoms with van der Waals surface area (Å²) in [6.45, 7) is 2.03. The van der Waals surface area contributed by atoms with Gasteiger partial charge in [-0.1, -0.05) is 23.4 Å². The number of nitrogens with two attached hydrogens (primary N) is 1. The first kappa shape index (κ1) is 15.9. The lowest BCUT2D eigenvalue weighted by Gasteiger charge is -2.08. The van der Waals surface area contributed by atoms with Crippen molar-refractivity contribution >= 4 is 38.6 Å². The van der Waals surface area contributed by atoms with E-state index >= 15 is 0 Å². The molecule has 3 N–H and O–H groups in total. The van der Waals surface area contributed by atoms with Crippen LogP contribution >= 0.6 is 22.9 Å². The predicted molar refractivity (Wildman–Crippen MR) is 87.2 cm³/mol. The Balaban J connectivity index is 2.39. The van der Waals surface area contributed by atoms with Crippen molar-refractivity contribution in [2.24, 2.45) is 5.73 Å². The van der Waals surface area contributed by atoms with Gasteiger partial charge in [0, 0.05) is 9.90 Å². The minimum absolute atomic E-state index is 0.183. The first-order chi connectivity index (χ1) is 9.92. The van der Waals surface area contributed by atoms with Crippen LogP contribution in [0.4, 0.5) is 5.69 Å². The zero-order valence-electron chi connectivity index (χ0n) is 11.2. The van der Waals surface area contributed by atoms with E-state index in [4.69, 9.17) is 17.3 Å². The lowest BCUT2D eigenvalue weighted by atomic mass is 10.2. The zero-order valence-corrected chi connectivity index (χ0v) is 13.6. The standard InChI is InChI=1S/C14H13ClN2O2S2/c1-10-4-7-14(20-10)21(18,19)17-13-6-5-12(15)9-11(13)3-2-8-16/h4-7,9,17H,8,16H2,1H3. The molecule has 0 atom stereocenters. The Hall–Kier alpha value is -1.52. The van der Waals surface area contributed by atoms with Gasteiger partial charge in [0.05, 0.1) is 17.8 Å². The molecular formula is C14H13ClN2O2S2. The lowest BCUT2D eigenvalue weighted by molar-refractivity contribution is 0.603. The molecule has 0 aliphatic rings. The Labute approximate surface area is 133 Å². The average molecular weight is 341 g/mol. The molecule has 2 aromatic rings. The Morgan fingerprint density at radius 3 is 2.71 bits per heavy atom. The number of thiophene rings is 1. The van der Waals surface area contributed by atoms with Crippen molar-refractivity contribution in [3.8, 4) is 11.8 Å². The van der Waals surface area contributed by atoms with Crippen LogP contribution in [-0.4, -0.2) is 15.0 Å². The van der Waals surface area contributed by atoms with Crippen molar-refractivity contribution in [1.82, 2.24) is 0 Å². The van der Waals surface area contributed by atoms with Gasteiger partial charge in [0.15, 0.2) is 0 Å². The number of hydrogen-bond donors (Lipinski definition) is 2. The third-order valence-electron chi connectivity index (χ3n) is 2.53. The largest absolute Gasteiger partial charge is 0.320 e. The predicted octanol–water partition coefficient (Wildman–Crippen LogP) is 2.82. The molecule has 4 nitrogen and oxygen atoms in total. The fourth-order valence-corrected chi connectivity index (χ4v) is 4.14. The van der Waals surface area contributed by atoms with Crippen LogP contribution in [0, 0.1) is 18.8 Å². The van der Waals surface area contributed by atoms with Gasteiger partial charge < -0.3 is 5.73 Å². The van der Waals surface area contributed by atoms with E-state index in [2.05, 4.69) is 16.6 Å². The second-order valence-corrected chi connectivity index (χ2v) is 7.80. The van der Waals surface area contributed by atoms with E-state index in [1.54, 1.807) is 30.3 Å². The van der Waals surface area contributed by atoms with Crippen LogP contribution in [0.3, 0.4) is 0 Å². The maximum Gasteiger partial charge on any atom is 0.271 e. The molecule has 0 fully saturated rings. The maximum atomic E-state index is 12.3. The molecule has 1 heterocycles. The van der Waals surface area contributed by atoms with Crippen LogP contribution < -0.4 is 10.5 Å². The van der Waals surface area contributed by atoms with Gasteiger partial charge in [0.25, 0.3) is 10.0 Å². The highest BCUT2D eigenvalue weighted by molar-refractivity contribution is 7.94. The third-order valence-corrected chi connectivity index (χ3v) is 5.62. The molecule has 0 radical (unpaired) electrons. The summed E-state index contributed by atoms with van der Waals surface area (Å²) >= 11 is 7.12. The minimum atomic E-state index is -3.63. The summed E-state index contributed by atoms with van der Waals surface area (Å²) < 4.78 is 27.4. The maximum absolute atomic E-state index is 12.3. The summed E-state index contributed by atoms with van der Waals surface area (Å²) in [5.41, 5.74) is 6.21. The number of nitrogens with one attached hydrogen (secondary N) is 1. The van der Waals surface area contributed by atoms with E-state index in [9.17, 15) is 8.42 Å². The number of rotatable bonds is 3. The summed E-state index contributed by atoms with van der Waals surface area (Å²) in [5, 5.41) is 0.478. The Kier molecular flexibility index (Phi) is 4.91. The van der Waals surface area contributed by atoms with Crippen molar-refractivity contribution < 1.29 is 8.42 Å². The highest BCUT2D eigenvalue weighted by Gasteiger charge is 2.17. The average Bonchev–Trinajstić information content (AvgIpc) is 2.86.